The first-order chi connectivity index (χ1) is 17.5. The number of phenolic OH excluding ortho intramolecular Hbond substituents is 1. The van der Waals surface area contributed by atoms with E-state index in [-0.39, 0.29) is 5.91 Å². The van der Waals surface area contributed by atoms with E-state index < -0.39 is 17.7 Å². The summed E-state index contributed by atoms with van der Waals surface area (Å²) in [7, 11) is 0. The number of phenols is 1. The zero-order valence-corrected chi connectivity index (χ0v) is 21.8. The highest BCUT2D eigenvalue weighted by Gasteiger charge is 2.12. The first kappa shape index (κ1) is 29.7. The van der Waals surface area contributed by atoms with Crippen molar-refractivity contribution in [3.05, 3.63) is 65.0 Å². The fourth-order valence-corrected chi connectivity index (χ4v) is 4.04. The monoisotopic (exact) mass is 502 g/mol. The van der Waals surface area contributed by atoms with E-state index in [1.165, 1.54) is 17.7 Å². The summed E-state index contributed by atoms with van der Waals surface area (Å²) < 4.78 is 19.1. The van der Waals surface area contributed by atoms with Gasteiger partial charge in [-0.15, -0.1) is 0 Å². The van der Waals surface area contributed by atoms with E-state index in [0.717, 1.165) is 89.4 Å². The van der Waals surface area contributed by atoms with Crippen molar-refractivity contribution in [1.29, 1.82) is 0 Å². The smallest absolute Gasteiger partial charge is 0.253 e. The number of amides is 1. The maximum atomic E-state index is 13.4. The van der Waals surface area contributed by atoms with Crippen LogP contribution in [-0.4, -0.2) is 60.4 Å². The molecule has 0 spiro atoms. The molecule has 0 fully saturated rings. The Morgan fingerprint density at radius 3 is 2.31 bits per heavy atom. The second-order valence-electron chi connectivity index (χ2n) is 9.09. The minimum Gasteiger partial charge on any atom is -0.505 e. The average Bonchev–Trinajstić information content (AvgIpc) is 2.89. The summed E-state index contributed by atoms with van der Waals surface area (Å²) in [5.41, 5.74) is 2.46. The molecular formula is C29H43FN2O4. The van der Waals surface area contributed by atoms with Crippen molar-refractivity contribution in [2.24, 2.45) is 0 Å². The maximum Gasteiger partial charge on any atom is 0.253 e. The Kier molecular flexibility index (Phi) is 14.1. The normalized spacial score (nSPS) is 12.0. The van der Waals surface area contributed by atoms with Gasteiger partial charge in [0.05, 0.1) is 6.10 Å². The van der Waals surface area contributed by atoms with Crippen molar-refractivity contribution in [2.45, 2.75) is 64.9 Å². The average molecular weight is 503 g/mol. The zero-order valence-electron chi connectivity index (χ0n) is 21.8. The van der Waals surface area contributed by atoms with E-state index in [1.807, 2.05) is 30.9 Å². The fraction of sp³-hybridized carbons (Fsp3) is 0.552. The summed E-state index contributed by atoms with van der Waals surface area (Å²) >= 11 is 0. The second-order valence-corrected chi connectivity index (χ2v) is 9.09. The molecule has 2 aromatic carbocycles. The number of hydrogen-bond acceptors (Lipinski definition) is 5. The number of rotatable bonds is 18. The van der Waals surface area contributed by atoms with Crippen LogP contribution in [0.3, 0.4) is 0 Å². The largest absolute Gasteiger partial charge is 0.505 e. The predicted octanol–water partition coefficient (Wildman–Crippen LogP) is 5.24. The molecule has 2 aromatic rings. The molecule has 2 rings (SSSR count). The van der Waals surface area contributed by atoms with Crippen molar-refractivity contribution in [1.82, 2.24) is 10.2 Å². The van der Waals surface area contributed by atoms with Gasteiger partial charge in [0, 0.05) is 38.4 Å². The van der Waals surface area contributed by atoms with Gasteiger partial charge in [-0.05, 0) is 87.9 Å². The van der Waals surface area contributed by atoms with Crippen LogP contribution in [0.25, 0.3) is 0 Å². The predicted molar refractivity (Wildman–Crippen MR) is 142 cm³/mol. The van der Waals surface area contributed by atoms with E-state index in [2.05, 4.69) is 17.4 Å². The molecule has 1 amide bonds. The Morgan fingerprint density at radius 1 is 0.972 bits per heavy atom. The highest BCUT2D eigenvalue weighted by atomic mass is 19.1. The van der Waals surface area contributed by atoms with Gasteiger partial charge in [0.1, 0.15) is 0 Å². The Morgan fingerprint density at radius 2 is 1.64 bits per heavy atom. The number of nitrogens with one attached hydrogen (secondary N) is 1. The molecule has 0 radical (unpaired) electrons. The number of nitrogens with zero attached hydrogens (tertiary/aromatic N) is 1. The molecule has 36 heavy (non-hydrogen) atoms. The number of aliphatic hydroxyl groups excluding tert-OH is 1. The summed E-state index contributed by atoms with van der Waals surface area (Å²) in [4.78, 5) is 14.2. The van der Waals surface area contributed by atoms with Crippen molar-refractivity contribution in [3.63, 3.8) is 0 Å². The van der Waals surface area contributed by atoms with Crippen LogP contribution >= 0.6 is 0 Å². The lowest BCUT2D eigenvalue weighted by Crippen LogP contribution is -2.30. The van der Waals surface area contributed by atoms with E-state index in [4.69, 9.17) is 4.74 Å². The summed E-state index contributed by atoms with van der Waals surface area (Å²) in [6, 6.07) is 11.9. The van der Waals surface area contributed by atoms with Gasteiger partial charge in [-0.1, -0.05) is 31.0 Å². The van der Waals surface area contributed by atoms with Crippen LogP contribution in [0.2, 0.25) is 0 Å². The Labute approximate surface area is 215 Å². The lowest BCUT2D eigenvalue weighted by atomic mass is 10.1. The quantitative estimate of drug-likeness (QED) is 0.243. The van der Waals surface area contributed by atoms with E-state index in [0.29, 0.717) is 12.1 Å². The molecule has 0 saturated carbocycles. The topological polar surface area (TPSA) is 82.0 Å². The van der Waals surface area contributed by atoms with E-state index in [9.17, 15) is 19.4 Å². The maximum absolute atomic E-state index is 13.4. The van der Waals surface area contributed by atoms with Crippen molar-refractivity contribution >= 4 is 5.91 Å². The highest BCUT2D eigenvalue weighted by molar-refractivity contribution is 5.94. The van der Waals surface area contributed by atoms with Crippen LogP contribution in [0.4, 0.5) is 4.39 Å². The molecule has 1 unspecified atom stereocenters. The number of aliphatic hydroxyl groups is 1. The second kappa shape index (κ2) is 17.1. The van der Waals surface area contributed by atoms with Crippen molar-refractivity contribution in [3.8, 4) is 5.75 Å². The molecular weight excluding hydrogens is 459 g/mol. The Hall–Kier alpha value is -2.48. The number of carbonyl (C=O) groups excluding carboxylic acids is 1. The zero-order chi connectivity index (χ0) is 26.2. The van der Waals surface area contributed by atoms with Gasteiger partial charge in [-0.3, -0.25) is 4.79 Å². The summed E-state index contributed by atoms with van der Waals surface area (Å²) in [5, 5.41) is 22.5. The molecule has 1 atom stereocenters. The third kappa shape index (κ3) is 10.6. The number of hydrogen-bond donors (Lipinski definition) is 3. The molecule has 0 bridgehead atoms. The van der Waals surface area contributed by atoms with Gasteiger partial charge in [0.15, 0.2) is 11.6 Å². The Balaban J connectivity index is 1.42. The fourth-order valence-electron chi connectivity index (χ4n) is 4.04. The van der Waals surface area contributed by atoms with E-state index in [1.54, 1.807) is 0 Å². The van der Waals surface area contributed by atoms with Crippen LogP contribution in [0.5, 0.6) is 5.75 Å². The third-order valence-corrected chi connectivity index (χ3v) is 6.34. The Bertz CT molecular complexity index is 887. The molecule has 0 aromatic heterocycles. The van der Waals surface area contributed by atoms with Crippen LogP contribution in [-0.2, 0) is 11.2 Å². The molecule has 3 N–H and O–H groups in total. The van der Waals surface area contributed by atoms with Crippen LogP contribution in [0, 0.1) is 5.82 Å². The molecule has 7 heteroatoms. The first-order valence-corrected chi connectivity index (χ1v) is 13.3. The van der Waals surface area contributed by atoms with Gasteiger partial charge in [0.2, 0.25) is 0 Å². The molecule has 0 aliphatic carbocycles. The van der Waals surface area contributed by atoms with E-state index >= 15 is 0 Å². The summed E-state index contributed by atoms with van der Waals surface area (Å²) in [6.45, 7) is 8.15. The van der Waals surface area contributed by atoms with Crippen molar-refractivity contribution < 1.29 is 24.1 Å². The highest BCUT2D eigenvalue weighted by Crippen LogP contribution is 2.20. The molecule has 6 nitrogen and oxygen atoms in total. The SMILES string of the molecule is CCN(CC)C(=O)c1ccc(CCCCOCCCCCCNCC(O)c2ccc(O)c(F)c2)cc1. The summed E-state index contributed by atoms with van der Waals surface area (Å²) in [5.74, 6) is -1.03. The number of aromatic hydroxyl groups is 1. The van der Waals surface area contributed by atoms with Gasteiger partial charge in [-0.25, -0.2) is 4.39 Å². The van der Waals surface area contributed by atoms with Gasteiger partial charge < -0.3 is 25.2 Å². The first-order valence-electron chi connectivity index (χ1n) is 13.3. The minimum absolute atomic E-state index is 0.0958. The molecule has 200 valence electrons. The number of aryl methyl sites for hydroxylation is 1. The molecule has 0 aliphatic rings. The number of carbonyl (C=O) groups is 1. The van der Waals surface area contributed by atoms with Crippen LogP contribution < -0.4 is 5.32 Å². The van der Waals surface area contributed by atoms with Crippen molar-refractivity contribution in [2.75, 3.05) is 39.4 Å². The summed E-state index contributed by atoms with van der Waals surface area (Å²) in [6.07, 6.45) is 6.53. The standard InChI is InChI=1S/C29H43FN2O4/c1-3-32(4-2)29(35)24-14-12-23(13-15-24)11-7-10-20-36-19-9-6-5-8-18-31-22-28(34)25-16-17-27(33)26(30)21-25/h12-17,21,28,31,33-34H,3-11,18-20,22H2,1-2H3. The number of unbranched alkanes of at least 4 members (excludes halogenated alkanes) is 4. The van der Waals surface area contributed by atoms with Crippen LogP contribution in [0.15, 0.2) is 42.5 Å². The van der Waals surface area contributed by atoms with Gasteiger partial charge >= 0.3 is 0 Å². The lowest BCUT2D eigenvalue weighted by molar-refractivity contribution is 0.0773. The van der Waals surface area contributed by atoms with Gasteiger partial charge in [0.25, 0.3) is 5.91 Å². The third-order valence-electron chi connectivity index (χ3n) is 6.34. The molecule has 0 aliphatic heterocycles. The van der Waals surface area contributed by atoms with Gasteiger partial charge in [-0.2, -0.15) is 0 Å². The number of ether oxygens (including phenoxy) is 1. The minimum atomic E-state index is -0.797. The molecule has 0 saturated heterocycles. The molecule has 0 heterocycles. The number of halogens is 1. The van der Waals surface area contributed by atoms with Crippen LogP contribution in [0.1, 0.15) is 80.0 Å². The lowest BCUT2D eigenvalue weighted by Gasteiger charge is -2.18. The number of benzene rings is 2.